The molecule has 1 amide bonds. The lowest BCUT2D eigenvalue weighted by molar-refractivity contribution is 0.0342. The van der Waals surface area contributed by atoms with Crippen LogP contribution in [-0.2, 0) is 17.8 Å². The van der Waals surface area contributed by atoms with E-state index in [0.29, 0.717) is 12.1 Å². The van der Waals surface area contributed by atoms with Crippen molar-refractivity contribution in [3.63, 3.8) is 0 Å². The van der Waals surface area contributed by atoms with Crippen molar-refractivity contribution >= 4 is 16.9 Å². The van der Waals surface area contributed by atoms with E-state index in [4.69, 9.17) is 10.5 Å². The van der Waals surface area contributed by atoms with E-state index >= 15 is 0 Å². The summed E-state index contributed by atoms with van der Waals surface area (Å²) < 4.78 is 7.60. The van der Waals surface area contributed by atoms with Crippen LogP contribution in [0.15, 0.2) is 73.1 Å². The van der Waals surface area contributed by atoms with Crippen molar-refractivity contribution < 1.29 is 9.53 Å². The second-order valence-electron chi connectivity index (χ2n) is 8.19. The number of fused-ring (bicyclic) bond motifs is 1. The number of hydrogen-bond acceptors (Lipinski definition) is 4. The summed E-state index contributed by atoms with van der Waals surface area (Å²) in [6.45, 7) is 5.19. The molecule has 3 heterocycles. The van der Waals surface area contributed by atoms with E-state index in [1.165, 1.54) is 16.7 Å². The highest BCUT2D eigenvalue weighted by Gasteiger charge is 2.13. The number of rotatable bonds is 6. The molecule has 1 fully saturated rings. The highest BCUT2D eigenvalue weighted by molar-refractivity contribution is 5.94. The quantitative estimate of drug-likeness (QED) is 0.510. The topological polar surface area (TPSA) is 73.4 Å². The molecule has 162 valence electrons. The van der Waals surface area contributed by atoms with E-state index in [0.717, 1.165) is 49.4 Å². The Labute approximate surface area is 187 Å². The molecule has 0 aliphatic carbocycles. The monoisotopic (exact) mass is 426 g/mol. The van der Waals surface area contributed by atoms with Crippen LogP contribution in [0.3, 0.4) is 0 Å². The van der Waals surface area contributed by atoms with E-state index < -0.39 is 5.91 Å². The van der Waals surface area contributed by atoms with Gasteiger partial charge in [0.1, 0.15) is 5.65 Å². The van der Waals surface area contributed by atoms with Crippen molar-refractivity contribution in [3.05, 3.63) is 89.7 Å². The summed E-state index contributed by atoms with van der Waals surface area (Å²) in [5.74, 6) is -0.412. The summed E-state index contributed by atoms with van der Waals surface area (Å²) in [5, 5.41) is 1.13. The molecule has 0 unspecified atom stereocenters. The van der Waals surface area contributed by atoms with E-state index in [-0.39, 0.29) is 0 Å². The summed E-state index contributed by atoms with van der Waals surface area (Å²) in [7, 11) is 0. The Morgan fingerprint density at radius 2 is 1.78 bits per heavy atom. The van der Waals surface area contributed by atoms with Crippen LogP contribution in [0.25, 0.3) is 22.2 Å². The molecular weight excluding hydrogens is 400 g/mol. The van der Waals surface area contributed by atoms with E-state index in [1.807, 2.05) is 18.3 Å². The SMILES string of the molecule is NC(=O)c1ccc(Cn2ccc3c(-c4cccc(CN5CCOCC5)c4)ccnc32)cc1. The Balaban J connectivity index is 1.41. The van der Waals surface area contributed by atoms with Gasteiger partial charge in [0, 0.05) is 49.5 Å². The fourth-order valence-corrected chi connectivity index (χ4v) is 4.30. The Kier molecular flexibility index (Phi) is 5.71. The van der Waals surface area contributed by atoms with Crippen LogP contribution in [-0.4, -0.2) is 46.7 Å². The molecule has 1 aliphatic rings. The smallest absolute Gasteiger partial charge is 0.248 e. The minimum atomic E-state index is -0.412. The van der Waals surface area contributed by atoms with Crippen LogP contribution >= 0.6 is 0 Å². The molecule has 0 bridgehead atoms. The number of ether oxygens (including phenoxy) is 1. The molecule has 2 aromatic heterocycles. The first-order chi connectivity index (χ1) is 15.7. The lowest BCUT2D eigenvalue weighted by atomic mass is 10.0. The number of carbonyl (C=O) groups excluding carboxylic acids is 1. The van der Waals surface area contributed by atoms with Gasteiger partial charge in [-0.05, 0) is 52.6 Å². The number of pyridine rings is 1. The molecule has 2 aromatic carbocycles. The summed E-state index contributed by atoms with van der Waals surface area (Å²) >= 11 is 0. The average molecular weight is 427 g/mol. The standard InChI is InChI=1S/C26H26N4O2/c27-25(31)21-6-4-19(5-7-21)18-30-11-9-24-23(8-10-28-26(24)30)22-3-1-2-20(16-22)17-29-12-14-32-15-13-29/h1-11,16H,12-15,17-18H2,(H2,27,31). The molecule has 0 spiro atoms. The molecule has 1 saturated heterocycles. The number of primary amides is 1. The van der Waals surface area contributed by atoms with Gasteiger partial charge in [0.15, 0.2) is 0 Å². The predicted molar refractivity (Wildman–Crippen MR) is 125 cm³/mol. The van der Waals surface area contributed by atoms with Gasteiger partial charge in [0.2, 0.25) is 5.91 Å². The van der Waals surface area contributed by atoms with Crippen LogP contribution in [0, 0.1) is 0 Å². The number of hydrogen-bond donors (Lipinski definition) is 1. The van der Waals surface area contributed by atoms with E-state index in [2.05, 4.69) is 57.0 Å². The largest absolute Gasteiger partial charge is 0.379 e. The number of carbonyl (C=O) groups is 1. The number of aromatic nitrogens is 2. The molecule has 6 nitrogen and oxygen atoms in total. The average Bonchev–Trinajstić information content (AvgIpc) is 3.23. The lowest BCUT2D eigenvalue weighted by Crippen LogP contribution is -2.35. The van der Waals surface area contributed by atoms with Gasteiger partial charge in [0.25, 0.3) is 0 Å². The van der Waals surface area contributed by atoms with Gasteiger partial charge in [-0.25, -0.2) is 4.98 Å². The van der Waals surface area contributed by atoms with Gasteiger partial charge < -0.3 is 15.0 Å². The third-order valence-corrected chi connectivity index (χ3v) is 6.00. The van der Waals surface area contributed by atoms with Crippen LogP contribution in [0.1, 0.15) is 21.5 Å². The van der Waals surface area contributed by atoms with Gasteiger partial charge in [-0.15, -0.1) is 0 Å². The zero-order chi connectivity index (χ0) is 21.9. The van der Waals surface area contributed by atoms with Crippen molar-refractivity contribution in [2.45, 2.75) is 13.1 Å². The Bertz CT molecular complexity index is 1240. The number of nitrogens with two attached hydrogens (primary N) is 1. The molecule has 5 rings (SSSR count). The van der Waals surface area contributed by atoms with Gasteiger partial charge in [-0.2, -0.15) is 0 Å². The molecule has 0 atom stereocenters. The Hall–Kier alpha value is -3.48. The van der Waals surface area contributed by atoms with Crippen molar-refractivity contribution in [1.29, 1.82) is 0 Å². The zero-order valence-electron chi connectivity index (χ0n) is 17.9. The van der Waals surface area contributed by atoms with E-state index in [1.54, 1.807) is 12.1 Å². The molecular formula is C26H26N4O2. The van der Waals surface area contributed by atoms with E-state index in [9.17, 15) is 4.79 Å². The third-order valence-electron chi connectivity index (χ3n) is 6.00. The highest BCUT2D eigenvalue weighted by Crippen LogP contribution is 2.29. The Morgan fingerprint density at radius 3 is 2.56 bits per heavy atom. The maximum Gasteiger partial charge on any atom is 0.248 e. The molecule has 6 heteroatoms. The summed E-state index contributed by atoms with van der Waals surface area (Å²) in [6.07, 6.45) is 3.94. The van der Waals surface area contributed by atoms with Crippen molar-refractivity contribution in [2.75, 3.05) is 26.3 Å². The minimum absolute atomic E-state index is 0.412. The number of nitrogens with zero attached hydrogens (tertiary/aromatic N) is 3. The fraction of sp³-hybridized carbons (Fsp3) is 0.231. The molecule has 4 aromatic rings. The summed E-state index contributed by atoms with van der Waals surface area (Å²) in [5.41, 5.74) is 11.6. The van der Waals surface area contributed by atoms with Crippen LogP contribution < -0.4 is 5.73 Å². The van der Waals surface area contributed by atoms with Gasteiger partial charge in [-0.1, -0.05) is 30.3 Å². The van der Waals surface area contributed by atoms with Crippen LogP contribution in [0.2, 0.25) is 0 Å². The molecule has 0 saturated carbocycles. The second kappa shape index (κ2) is 8.94. The number of amides is 1. The van der Waals surface area contributed by atoms with Crippen LogP contribution in [0.4, 0.5) is 0 Å². The van der Waals surface area contributed by atoms with Gasteiger partial charge in [-0.3, -0.25) is 9.69 Å². The first-order valence-electron chi connectivity index (χ1n) is 10.9. The number of benzene rings is 2. The number of morpholine rings is 1. The third kappa shape index (κ3) is 4.28. The minimum Gasteiger partial charge on any atom is -0.379 e. The predicted octanol–water partition coefficient (Wildman–Crippen LogP) is 3.68. The van der Waals surface area contributed by atoms with Crippen molar-refractivity contribution in [1.82, 2.24) is 14.5 Å². The maximum atomic E-state index is 11.3. The Morgan fingerprint density at radius 1 is 0.969 bits per heavy atom. The highest BCUT2D eigenvalue weighted by atomic mass is 16.5. The summed E-state index contributed by atoms with van der Waals surface area (Å²) in [4.78, 5) is 18.4. The molecule has 0 radical (unpaired) electrons. The first kappa shape index (κ1) is 20.4. The maximum absolute atomic E-state index is 11.3. The lowest BCUT2D eigenvalue weighted by Gasteiger charge is -2.26. The summed E-state index contributed by atoms with van der Waals surface area (Å²) in [6, 6.07) is 20.4. The molecule has 1 aliphatic heterocycles. The zero-order valence-corrected chi connectivity index (χ0v) is 17.9. The second-order valence-corrected chi connectivity index (χ2v) is 8.19. The van der Waals surface area contributed by atoms with Gasteiger partial charge in [0.05, 0.1) is 13.2 Å². The molecule has 32 heavy (non-hydrogen) atoms. The van der Waals surface area contributed by atoms with Crippen LogP contribution in [0.5, 0.6) is 0 Å². The van der Waals surface area contributed by atoms with Crippen molar-refractivity contribution in [3.8, 4) is 11.1 Å². The molecule has 2 N–H and O–H groups in total. The normalized spacial score (nSPS) is 14.6. The van der Waals surface area contributed by atoms with Crippen molar-refractivity contribution in [2.24, 2.45) is 5.73 Å². The first-order valence-corrected chi connectivity index (χ1v) is 10.9. The van der Waals surface area contributed by atoms with Gasteiger partial charge >= 0.3 is 0 Å². The fourth-order valence-electron chi connectivity index (χ4n) is 4.30.